The third-order valence-electron chi connectivity index (χ3n) is 4.21. The summed E-state index contributed by atoms with van der Waals surface area (Å²) in [6.07, 6.45) is 1.43. The largest absolute Gasteiger partial charge is 0.390 e. The lowest BCUT2D eigenvalue weighted by Crippen LogP contribution is -2.36. The highest BCUT2D eigenvalue weighted by Gasteiger charge is 2.42. The van der Waals surface area contributed by atoms with Crippen molar-refractivity contribution in [1.29, 1.82) is 0 Å². The van der Waals surface area contributed by atoms with Crippen LogP contribution in [-0.2, 0) is 6.54 Å². The van der Waals surface area contributed by atoms with Crippen LogP contribution in [-0.4, -0.2) is 34.5 Å². The van der Waals surface area contributed by atoms with Crippen LogP contribution >= 0.6 is 11.6 Å². The van der Waals surface area contributed by atoms with Gasteiger partial charge in [-0.25, -0.2) is 13.8 Å². The van der Waals surface area contributed by atoms with E-state index in [4.69, 9.17) is 17.3 Å². The van der Waals surface area contributed by atoms with Crippen LogP contribution < -0.4 is 26.3 Å². The van der Waals surface area contributed by atoms with Crippen molar-refractivity contribution in [2.24, 2.45) is 0 Å². The van der Waals surface area contributed by atoms with Crippen molar-refractivity contribution in [3.8, 4) is 0 Å². The first-order valence-corrected chi connectivity index (χ1v) is 9.39. The van der Waals surface area contributed by atoms with Gasteiger partial charge in [0.25, 0.3) is 5.92 Å². The lowest BCUT2D eigenvalue weighted by molar-refractivity contribution is -0.350. The van der Waals surface area contributed by atoms with Crippen molar-refractivity contribution in [3.63, 3.8) is 0 Å². The molecule has 3 heterocycles. The average molecular weight is 413 g/mol. The predicted molar refractivity (Wildman–Crippen MR) is 107 cm³/mol. The van der Waals surface area contributed by atoms with Crippen molar-refractivity contribution in [3.05, 3.63) is 29.0 Å². The highest BCUT2D eigenvalue weighted by molar-refractivity contribution is 6.31. The molecular weight excluding hydrogens is 388 g/mol. The fourth-order valence-electron chi connectivity index (χ4n) is 2.93. The molecule has 0 atom stereocenters. The zero-order valence-corrected chi connectivity index (χ0v) is 16.9. The number of nitrogen functional groups attached to an aromatic ring is 1. The van der Waals surface area contributed by atoms with E-state index in [1.807, 2.05) is 20.8 Å². The summed E-state index contributed by atoms with van der Waals surface area (Å²) in [6, 6.07) is 3.48. The summed E-state index contributed by atoms with van der Waals surface area (Å²) in [4.78, 5) is 13.3. The van der Waals surface area contributed by atoms with Crippen LogP contribution in [0.4, 0.5) is 32.1 Å². The Balaban J connectivity index is 1.92. The lowest BCUT2D eigenvalue weighted by Gasteiger charge is -2.20. The summed E-state index contributed by atoms with van der Waals surface area (Å²) in [7, 11) is 0. The molecule has 2 aromatic heterocycles. The number of nitrogens with two attached hydrogens (primary N) is 1. The van der Waals surface area contributed by atoms with Gasteiger partial charge in [-0.15, -0.1) is 0 Å². The zero-order valence-electron chi connectivity index (χ0n) is 16.1. The molecule has 0 saturated carbocycles. The number of hydrogen-bond donors (Lipinski definition) is 3. The molecule has 2 aromatic rings. The van der Waals surface area contributed by atoms with E-state index in [1.54, 1.807) is 23.2 Å². The molecule has 10 heteroatoms. The molecule has 28 heavy (non-hydrogen) atoms. The Morgan fingerprint density at radius 1 is 1.39 bits per heavy atom. The third kappa shape index (κ3) is 4.89. The molecule has 0 aromatic carbocycles. The van der Waals surface area contributed by atoms with Crippen LogP contribution in [0.15, 0.2) is 18.3 Å². The topological polar surface area (TPSA) is 93.2 Å². The summed E-state index contributed by atoms with van der Waals surface area (Å²) >= 11 is 6.15. The van der Waals surface area contributed by atoms with Gasteiger partial charge in [-0.1, -0.05) is 16.6 Å². The standard InChI is InChI=1S/C18H24ClF2N7/c1-17(2,3)27-16-25-14(24-9-12-11(19)5-4-7-23-12)13(22)15(26-16)28-8-6-18(20,21)10-28/h4-5,7H,6,8-10,22H2,1-3H3,(H2,24,25,26,27)/p+1. The lowest BCUT2D eigenvalue weighted by atomic mass is 10.1. The Labute approximate surface area is 167 Å². The number of anilines is 4. The average Bonchev–Trinajstić information content (AvgIpc) is 2.94. The Morgan fingerprint density at radius 2 is 2.14 bits per heavy atom. The molecule has 1 aliphatic rings. The van der Waals surface area contributed by atoms with Gasteiger partial charge in [-0.05, 0) is 32.9 Å². The molecule has 5 N–H and O–H groups in total. The number of aromatic amines is 1. The highest BCUT2D eigenvalue weighted by atomic mass is 35.5. The van der Waals surface area contributed by atoms with Crippen LogP contribution in [0.25, 0.3) is 0 Å². The van der Waals surface area contributed by atoms with Crippen LogP contribution in [0.1, 0.15) is 32.9 Å². The van der Waals surface area contributed by atoms with Crippen LogP contribution in [0.5, 0.6) is 0 Å². The second-order valence-electron chi connectivity index (χ2n) is 7.88. The molecule has 7 nitrogen and oxygen atoms in total. The first-order chi connectivity index (χ1) is 13.0. The molecule has 0 aliphatic carbocycles. The molecular formula is C18H25ClF2N7+. The monoisotopic (exact) mass is 412 g/mol. The fraction of sp³-hybridized carbons (Fsp3) is 0.500. The van der Waals surface area contributed by atoms with Crippen molar-refractivity contribution in [1.82, 2.24) is 9.97 Å². The van der Waals surface area contributed by atoms with Crippen LogP contribution in [0.2, 0.25) is 5.02 Å². The summed E-state index contributed by atoms with van der Waals surface area (Å²) in [5.41, 5.74) is 6.88. The Bertz CT molecular complexity index is 854. The molecule has 1 aliphatic heterocycles. The minimum atomic E-state index is -2.74. The number of halogens is 3. The summed E-state index contributed by atoms with van der Waals surface area (Å²) in [5, 5.41) is 6.87. The van der Waals surface area contributed by atoms with E-state index < -0.39 is 12.5 Å². The van der Waals surface area contributed by atoms with Crippen molar-refractivity contribution < 1.29 is 13.8 Å². The number of aromatic nitrogens is 3. The van der Waals surface area contributed by atoms with E-state index in [1.165, 1.54) is 0 Å². The van der Waals surface area contributed by atoms with E-state index in [0.29, 0.717) is 34.8 Å². The van der Waals surface area contributed by atoms with Gasteiger partial charge < -0.3 is 16.0 Å². The minimum Gasteiger partial charge on any atom is -0.390 e. The predicted octanol–water partition coefficient (Wildman–Crippen LogP) is 3.19. The van der Waals surface area contributed by atoms with Gasteiger partial charge in [0.1, 0.15) is 6.54 Å². The van der Waals surface area contributed by atoms with Crippen LogP contribution in [0, 0.1) is 0 Å². The number of alkyl halides is 2. The van der Waals surface area contributed by atoms with Gasteiger partial charge in [0, 0.05) is 12.6 Å². The molecule has 1 fully saturated rings. The third-order valence-corrected chi connectivity index (χ3v) is 4.55. The van der Waals surface area contributed by atoms with Crippen molar-refractivity contribution in [2.45, 2.75) is 45.2 Å². The van der Waals surface area contributed by atoms with E-state index in [9.17, 15) is 8.78 Å². The first-order valence-electron chi connectivity index (χ1n) is 9.01. The quantitative estimate of drug-likeness (QED) is 0.698. The van der Waals surface area contributed by atoms with Gasteiger partial charge in [0.15, 0.2) is 5.69 Å². The maximum Gasteiger partial charge on any atom is 0.347 e. The maximum atomic E-state index is 13.7. The van der Waals surface area contributed by atoms with Gasteiger partial charge in [-0.3, -0.25) is 10.3 Å². The zero-order chi connectivity index (χ0) is 20.5. The Morgan fingerprint density at radius 3 is 2.75 bits per heavy atom. The number of nitrogens with one attached hydrogen (secondary N) is 3. The molecule has 0 amide bonds. The van der Waals surface area contributed by atoms with Gasteiger partial charge in [-0.2, -0.15) is 0 Å². The van der Waals surface area contributed by atoms with Gasteiger partial charge in [0.05, 0.1) is 29.3 Å². The van der Waals surface area contributed by atoms with Crippen molar-refractivity contribution in [2.75, 3.05) is 34.4 Å². The van der Waals surface area contributed by atoms with E-state index in [2.05, 4.69) is 25.6 Å². The number of rotatable bonds is 5. The first kappa shape index (κ1) is 20.3. The summed E-state index contributed by atoms with van der Waals surface area (Å²) in [6.45, 7) is 6.04. The number of hydrogen-bond acceptors (Lipinski definition) is 6. The minimum absolute atomic E-state index is 0.207. The summed E-state index contributed by atoms with van der Waals surface area (Å²) in [5.74, 6) is -1.52. The Hall–Kier alpha value is -2.42. The number of nitrogens with zero attached hydrogens (tertiary/aromatic N) is 3. The molecule has 0 unspecified atom stereocenters. The van der Waals surface area contributed by atoms with Crippen LogP contribution in [0.3, 0.4) is 0 Å². The molecule has 3 rings (SSSR count). The second kappa shape index (κ2) is 7.54. The number of pyridine rings is 1. The molecule has 0 bridgehead atoms. The SMILES string of the molecule is CC(C)(C)Nc1nc(NCc2ncccc2Cl)c(N)c(N2CCC(F)(F)C2)[nH+]1. The smallest absolute Gasteiger partial charge is 0.347 e. The normalized spacial score (nSPS) is 16.3. The van der Waals surface area contributed by atoms with Gasteiger partial charge in [0.2, 0.25) is 11.6 Å². The van der Waals surface area contributed by atoms with Crippen molar-refractivity contribution >= 4 is 34.9 Å². The Kier molecular flexibility index (Phi) is 5.47. The second-order valence-corrected chi connectivity index (χ2v) is 8.29. The summed E-state index contributed by atoms with van der Waals surface area (Å²) < 4.78 is 27.5. The van der Waals surface area contributed by atoms with E-state index in [0.717, 1.165) is 0 Å². The maximum absolute atomic E-state index is 13.7. The van der Waals surface area contributed by atoms with Gasteiger partial charge >= 0.3 is 5.95 Å². The number of H-pyrrole nitrogens is 1. The highest BCUT2D eigenvalue weighted by Crippen LogP contribution is 2.34. The van der Waals surface area contributed by atoms with E-state index in [-0.39, 0.29) is 24.2 Å². The molecule has 152 valence electrons. The molecule has 0 radical (unpaired) electrons. The fourth-order valence-corrected chi connectivity index (χ4v) is 3.12. The molecule has 0 spiro atoms. The molecule has 1 saturated heterocycles. The van der Waals surface area contributed by atoms with E-state index >= 15 is 0 Å².